The van der Waals surface area contributed by atoms with Crippen LogP contribution in [0.15, 0.2) is 35.7 Å². The Labute approximate surface area is 150 Å². The van der Waals surface area contributed by atoms with Crippen LogP contribution >= 0.6 is 11.3 Å². The van der Waals surface area contributed by atoms with Crippen molar-refractivity contribution in [2.75, 3.05) is 19.0 Å². The van der Waals surface area contributed by atoms with Gasteiger partial charge in [0.1, 0.15) is 5.75 Å². The Kier molecular flexibility index (Phi) is 6.71. The van der Waals surface area contributed by atoms with E-state index in [1.807, 2.05) is 31.2 Å². The fourth-order valence-electron chi connectivity index (χ4n) is 2.19. The molecule has 132 valence electrons. The van der Waals surface area contributed by atoms with Crippen LogP contribution in [0.2, 0.25) is 0 Å². The number of thiazole rings is 1. The zero-order chi connectivity index (χ0) is 18.2. The molecule has 0 saturated carbocycles. The quantitative estimate of drug-likeness (QED) is 0.605. The first-order valence-corrected chi connectivity index (χ1v) is 8.64. The Hall–Kier alpha value is -2.67. The summed E-state index contributed by atoms with van der Waals surface area (Å²) in [4.78, 5) is 27.8. The lowest BCUT2D eigenvalue weighted by molar-refractivity contribution is -0.142. The highest BCUT2D eigenvalue weighted by molar-refractivity contribution is 7.14. The standard InChI is InChI=1S/C18H20N2O4S/c1-4-24-17(22)10-13-11-25-18(19-13)20-16(21)9-12(2)14-7-5-6-8-15(14)23-3/h5-9,11H,4,10H2,1-3H3,(H,19,20,21)/b12-9-. The summed E-state index contributed by atoms with van der Waals surface area (Å²) in [6.45, 7) is 3.92. The molecule has 0 aliphatic carbocycles. The molecule has 0 aliphatic rings. The molecule has 1 aromatic carbocycles. The van der Waals surface area contributed by atoms with Gasteiger partial charge in [-0.25, -0.2) is 4.98 Å². The number of carbonyl (C=O) groups excluding carboxylic acids is 2. The number of amides is 1. The predicted octanol–water partition coefficient (Wildman–Crippen LogP) is 3.30. The molecule has 0 spiro atoms. The summed E-state index contributed by atoms with van der Waals surface area (Å²) < 4.78 is 10.2. The largest absolute Gasteiger partial charge is 0.496 e. The monoisotopic (exact) mass is 360 g/mol. The summed E-state index contributed by atoms with van der Waals surface area (Å²) in [6, 6.07) is 7.48. The van der Waals surface area contributed by atoms with E-state index in [9.17, 15) is 9.59 Å². The van der Waals surface area contributed by atoms with E-state index in [1.165, 1.54) is 17.4 Å². The van der Waals surface area contributed by atoms with E-state index in [0.717, 1.165) is 11.1 Å². The van der Waals surface area contributed by atoms with Gasteiger partial charge in [0.2, 0.25) is 5.91 Å². The van der Waals surface area contributed by atoms with E-state index in [-0.39, 0.29) is 18.3 Å². The minimum Gasteiger partial charge on any atom is -0.496 e. The Morgan fingerprint density at radius 2 is 2.08 bits per heavy atom. The molecule has 0 saturated heterocycles. The highest BCUT2D eigenvalue weighted by Gasteiger charge is 2.11. The van der Waals surface area contributed by atoms with Crippen LogP contribution in [-0.4, -0.2) is 30.6 Å². The van der Waals surface area contributed by atoms with E-state index >= 15 is 0 Å². The maximum Gasteiger partial charge on any atom is 0.311 e. The first-order chi connectivity index (χ1) is 12.0. The van der Waals surface area contributed by atoms with E-state index in [2.05, 4.69) is 10.3 Å². The van der Waals surface area contributed by atoms with Crippen molar-refractivity contribution in [2.45, 2.75) is 20.3 Å². The molecule has 1 N–H and O–H groups in total. The van der Waals surface area contributed by atoms with Crippen LogP contribution in [0, 0.1) is 0 Å². The molecule has 25 heavy (non-hydrogen) atoms. The third kappa shape index (κ3) is 5.42. The molecule has 1 heterocycles. The summed E-state index contributed by atoms with van der Waals surface area (Å²) in [7, 11) is 1.59. The second kappa shape index (κ2) is 8.98. The Morgan fingerprint density at radius 1 is 1.32 bits per heavy atom. The van der Waals surface area contributed by atoms with Gasteiger partial charge in [0.05, 0.1) is 25.8 Å². The van der Waals surface area contributed by atoms with Gasteiger partial charge in [-0.3, -0.25) is 14.9 Å². The highest BCUT2D eigenvalue weighted by Crippen LogP contribution is 2.25. The van der Waals surface area contributed by atoms with Crippen LogP contribution in [0.25, 0.3) is 5.57 Å². The van der Waals surface area contributed by atoms with Crippen molar-refractivity contribution < 1.29 is 19.1 Å². The van der Waals surface area contributed by atoms with Gasteiger partial charge in [-0.05, 0) is 25.5 Å². The molecule has 0 atom stereocenters. The number of anilines is 1. The smallest absolute Gasteiger partial charge is 0.311 e. The zero-order valence-corrected chi connectivity index (χ0v) is 15.2. The summed E-state index contributed by atoms with van der Waals surface area (Å²) in [5.41, 5.74) is 2.20. The molecule has 2 rings (SSSR count). The van der Waals surface area contributed by atoms with Crippen molar-refractivity contribution in [3.63, 3.8) is 0 Å². The predicted molar refractivity (Wildman–Crippen MR) is 97.7 cm³/mol. The fraction of sp³-hybridized carbons (Fsp3) is 0.278. The topological polar surface area (TPSA) is 77.5 Å². The Bertz CT molecular complexity index is 783. The van der Waals surface area contributed by atoms with Gasteiger partial charge in [-0.2, -0.15) is 0 Å². The summed E-state index contributed by atoms with van der Waals surface area (Å²) in [6.07, 6.45) is 1.58. The van der Waals surface area contributed by atoms with Crippen LogP contribution in [0.3, 0.4) is 0 Å². The maximum atomic E-state index is 12.2. The van der Waals surface area contributed by atoms with Crippen molar-refractivity contribution in [2.24, 2.45) is 0 Å². The number of nitrogens with zero attached hydrogens (tertiary/aromatic N) is 1. The normalized spacial score (nSPS) is 11.1. The molecule has 2 aromatic rings. The molecule has 1 amide bonds. The minimum absolute atomic E-state index is 0.0935. The number of nitrogens with one attached hydrogen (secondary N) is 1. The molecule has 6 nitrogen and oxygen atoms in total. The number of rotatable bonds is 7. The lowest BCUT2D eigenvalue weighted by atomic mass is 10.1. The van der Waals surface area contributed by atoms with Gasteiger partial charge in [0, 0.05) is 17.0 Å². The van der Waals surface area contributed by atoms with Gasteiger partial charge in [-0.1, -0.05) is 18.2 Å². The number of benzene rings is 1. The van der Waals surface area contributed by atoms with Crippen LogP contribution in [-0.2, 0) is 20.7 Å². The maximum absolute atomic E-state index is 12.2. The molecule has 7 heteroatoms. The summed E-state index contributed by atoms with van der Waals surface area (Å²) in [5.74, 6) is 0.0769. The number of hydrogen-bond acceptors (Lipinski definition) is 6. The number of allylic oxidation sites excluding steroid dienone is 1. The second-order valence-electron chi connectivity index (χ2n) is 5.14. The summed E-state index contributed by atoms with van der Waals surface area (Å²) >= 11 is 1.26. The molecule has 0 radical (unpaired) electrons. The van der Waals surface area contributed by atoms with Gasteiger partial charge < -0.3 is 9.47 Å². The molecular formula is C18H20N2O4S. The number of hydrogen-bond donors (Lipinski definition) is 1. The van der Waals surface area contributed by atoms with E-state index in [0.29, 0.717) is 23.2 Å². The lowest BCUT2D eigenvalue weighted by Gasteiger charge is -2.08. The molecule has 0 bridgehead atoms. The molecule has 1 aromatic heterocycles. The number of carbonyl (C=O) groups is 2. The van der Waals surface area contributed by atoms with Crippen LogP contribution in [0.1, 0.15) is 25.1 Å². The lowest BCUT2D eigenvalue weighted by Crippen LogP contribution is -2.10. The number of ether oxygens (including phenoxy) is 2. The van der Waals surface area contributed by atoms with Crippen molar-refractivity contribution >= 4 is 33.9 Å². The van der Waals surface area contributed by atoms with Crippen LogP contribution in [0.5, 0.6) is 5.75 Å². The zero-order valence-electron chi connectivity index (χ0n) is 14.4. The Morgan fingerprint density at radius 3 is 2.80 bits per heavy atom. The summed E-state index contributed by atoms with van der Waals surface area (Å²) in [5, 5.41) is 4.87. The minimum atomic E-state index is -0.336. The van der Waals surface area contributed by atoms with Crippen LogP contribution < -0.4 is 10.1 Å². The molecule has 0 aliphatic heterocycles. The SMILES string of the molecule is CCOC(=O)Cc1csc(NC(=O)/C=C(/C)c2ccccc2OC)n1. The first kappa shape index (κ1) is 18.7. The highest BCUT2D eigenvalue weighted by atomic mass is 32.1. The molecule has 0 unspecified atom stereocenters. The average Bonchev–Trinajstić information content (AvgIpc) is 3.01. The van der Waals surface area contributed by atoms with E-state index in [1.54, 1.807) is 19.4 Å². The first-order valence-electron chi connectivity index (χ1n) is 7.76. The van der Waals surface area contributed by atoms with Gasteiger partial charge in [0.15, 0.2) is 5.13 Å². The van der Waals surface area contributed by atoms with Gasteiger partial charge in [0.25, 0.3) is 0 Å². The van der Waals surface area contributed by atoms with Gasteiger partial charge >= 0.3 is 5.97 Å². The van der Waals surface area contributed by atoms with Crippen LogP contribution in [0.4, 0.5) is 5.13 Å². The third-order valence-electron chi connectivity index (χ3n) is 3.29. The van der Waals surface area contributed by atoms with E-state index < -0.39 is 0 Å². The average molecular weight is 360 g/mol. The fourth-order valence-corrected chi connectivity index (χ4v) is 2.90. The number of esters is 1. The molecular weight excluding hydrogens is 340 g/mol. The molecule has 0 fully saturated rings. The number of methoxy groups -OCH3 is 1. The van der Waals surface area contributed by atoms with Crippen molar-refractivity contribution in [1.29, 1.82) is 0 Å². The second-order valence-corrected chi connectivity index (χ2v) is 6.00. The van der Waals surface area contributed by atoms with Crippen molar-refractivity contribution in [1.82, 2.24) is 4.98 Å². The number of para-hydroxylation sites is 1. The Balaban J connectivity index is 2.02. The van der Waals surface area contributed by atoms with E-state index in [4.69, 9.17) is 9.47 Å². The number of aromatic nitrogens is 1. The van der Waals surface area contributed by atoms with Crippen molar-refractivity contribution in [3.8, 4) is 5.75 Å². The third-order valence-corrected chi connectivity index (χ3v) is 4.10. The van der Waals surface area contributed by atoms with Gasteiger partial charge in [-0.15, -0.1) is 11.3 Å². The van der Waals surface area contributed by atoms with Crippen molar-refractivity contribution in [3.05, 3.63) is 47.0 Å².